The molecule has 0 spiro atoms. The summed E-state index contributed by atoms with van der Waals surface area (Å²) in [5.74, 6) is 0. The summed E-state index contributed by atoms with van der Waals surface area (Å²) in [6.45, 7) is 5.09. The van der Waals surface area contributed by atoms with Crippen molar-refractivity contribution in [2.75, 3.05) is 0 Å². The second-order valence-electron chi connectivity index (χ2n) is 4.94. The molecule has 5 nitrogen and oxygen atoms in total. The zero-order chi connectivity index (χ0) is 15.2. The minimum atomic E-state index is -0.341. The minimum absolute atomic E-state index is 0.168. The molecule has 21 heavy (non-hydrogen) atoms. The highest BCUT2D eigenvalue weighted by Gasteiger charge is 2.10. The molecule has 1 heterocycles. The average molecular weight is 285 g/mol. The maximum absolute atomic E-state index is 10.9. The molecule has 5 heteroatoms. The maximum Gasteiger partial charge on any atom is 0.272 e. The summed E-state index contributed by atoms with van der Waals surface area (Å²) in [7, 11) is 0. The van der Waals surface area contributed by atoms with Gasteiger partial charge < -0.3 is 5.32 Å². The van der Waals surface area contributed by atoms with Crippen molar-refractivity contribution < 1.29 is 4.92 Å². The van der Waals surface area contributed by atoms with Crippen molar-refractivity contribution >= 4 is 5.69 Å². The SMILES string of the molecule is CCc1cccnc1CNCc1ccc(C)c([N+](=O)[O-])c1. The van der Waals surface area contributed by atoms with Gasteiger partial charge in [0.2, 0.25) is 0 Å². The van der Waals surface area contributed by atoms with Gasteiger partial charge in [-0.3, -0.25) is 15.1 Å². The van der Waals surface area contributed by atoms with Crippen LogP contribution in [0.15, 0.2) is 36.5 Å². The van der Waals surface area contributed by atoms with Crippen LogP contribution in [-0.4, -0.2) is 9.91 Å². The number of hydrogen-bond donors (Lipinski definition) is 1. The fraction of sp³-hybridized carbons (Fsp3) is 0.312. The van der Waals surface area contributed by atoms with Gasteiger partial charge >= 0.3 is 0 Å². The molecule has 0 amide bonds. The number of aromatic nitrogens is 1. The van der Waals surface area contributed by atoms with Crippen LogP contribution in [0.3, 0.4) is 0 Å². The Hall–Kier alpha value is -2.27. The third-order valence-corrected chi connectivity index (χ3v) is 3.46. The fourth-order valence-corrected chi connectivity index (χ4v) is 2.24. The van der Waals surface area contributed by atoms with Crippen molar-refractivity contribution in [1.82, 2.24) is 10.3 Å². The van der Waals surface area contributed by atoms with E-state index in [1.165, 1.54) is 5.56 Å². The van der Waals surface area contributed by atoms with Gasteiger partial charge in [0.25, 0.3) is 5.69 Å². The van der Waals surface area contributed by atoms with Crippen LogP contribution in [0.25, 0.3) is 0 Å². The molecule has 1 N–H and O–H groups in total. The highest BCUT2D eigenvalue weighted by Crippen LogP contribution is 2.19. The van der Waals surface area contributed by atoms with E-state index in [-0.39, 0.29) is 10.6 Å². The van der Waals surface area contributed by atoms with Gasteiger partial charge in [-0.05, 0) is 30.5 Å². The van der Waals surface area contributed by atoms with Gasteiger partial charge in [0.15, 0.2) is 0 Å². The molecule has 2 aromatic rings. The van der Waals surface area contributed by atoms with E-state index in [0.29, 0.717) is 18.7 Å². The lowest BCUT2D eigenvalue weighted by Gasteiger charge is -2.08. The molecule has 0 saturated carbocycles. The van der Waals surface area contributed by atoms with Crippen molar-refractivity contribution in [3.05, 3.63) is 69.0 Å². The second-order valence-corrected chi connectivity index (χ2v) is 4.94. The molecular formula is C16H19N3O2. The molecule has 1 aromatic heterocycles. The van der Waals surface area contributed by atoms with Crippen LogP contribution in [0, 0.1) is 17.0 Å². The first kappa shape index (κ1) is 15.1. The number of hydrogen-bond acceptors (Lipinski definition) is 4. The predicted molar refractivity (Wildman–Crippen MR) is 82.0 cm³/mol. The Labute approximate surface area is 124 Å². The Kier molecular flexibility index (Phi) is 5.00. The number of nitrogens with zero attached hydrogens (tertiary/aromatic N) is 2. The lowest BCUT2D eigenvalue weighted by atomic mass is 10.1. The number of rotatable bonds is 6. The maximum atomic E-state index is 10.9. The van der Waals surface area contributed by atoms with E-state index in [1.807, 2.05) is 12.1 Å². The molecular weight excluding hydrogens is 266 g/mol. The van der Waals surface area contributed by atoms with Crippen LogP contribution >= 0.6 is 0 Å². The van der Waals surface area contributed by atoms with E-state index < -0.39 is 0 Å². The average Bonchev–Trinajstić information content (AvgIpc) is 2.49. The Balaban J connectivity index is 2.00. The van der Waals surface area contributed by atoms with E-state index in [1.54, 1.807) is 25.3 Å². The van der Waals surface area contributed by atoms with Gasteiger partial charge in [-0.25, -0.2) is 0 Å². The largest absolute Gasteiger partial charge is 0.307 e. The monoisotopic (exact) mass is 285 g/mol. The fourth-order valence-electron chi connectivity index (χ4n) is 2.24. The zero-order valence-corrected chi connectivity index (χ0v) is 12.3. The lowest BCUT2D eigenvalue weighted by molar-refractivity contribution is -0.385. The molecule has 0 atom stereocenters. The molecule has 0 fully saturated rings. The van der Waals surface area contributed by atoms with Gasteiger partial charge in [0.1, 0.15) is 0 Å². The summed E-state index contributed by atoms with van der Waals surface area (Å²) in [4.78, 5) is 15.0. The van der Waals surface area contributed by atoms with E-state index in [4.69, 9.17) is 0 Å². The third-order valence-electron chi connectivity index (χ3n) is 3.46. The first-order chi connectivity index (χ1) is 10.1. The summed E-state index contributed by atoms with van der Waals surface area (Å²) in [6.07, 6.45) is 2.73. The van der Waals surface area contributed by atoms with Crippen molar-refractivity contribution in [2.45, 2.75) is 33.4 Å². The Morgan fingerprint density at radius 2 is 2.10 bits per heavy atom. The molecule has 2 rings (SSSR count). The number of aryl methyl sites for hydroxylation is 2. The molecule has 0 bridgehead atoms. The van der Waals surface area contributed by atoms with Crippen LogP contribution < -0.4 is 5.32 Å². The van der Waals surface area contributed by atoms with Gasteiger partial charge in [-0.1, -0.05) is 25.1 Å². The summed E-state index contributed by atoms with van der Waals surface area (Å²) in [5, 5.41) is 14.2. The predicted octanol–water partition coefficient (Wildman–Crippen LogP) is 3.15. The molecule has 0 unspecified atom stereocenters. The lowest BCUT2D eigenvalue weighted by Crippen LogP contribution is -2.15. The second kappa shape index (κ2) is 6.95. The molecule has 0 aliphatic heterocycles. The topological polar surface area (TPSA) is 68.1 Å². The van der Waals surface area contributed by atoms with Crippen molar-refractivity contribution in [3.63, 3.8) is 0 Å². The van der Waals surface area contributed by atoms with E-state index >= 15 is 0 Å². The molecule has 0 saturated heterocycles. The van der Waals surface area contributed by atoms with Crippen LogP contribution in [-0.2, 0) is 19.5 Å². The number of benzene rings is 1. The summed E-state index contributed by atoms with van der Waals surface area (Å²) in [6, 6.07) is 9.33. The first-order valence-electron chi connectivity index (χ1n) is 6.99. The van der Waals surface area contributed by atoms with Crippen LogP contribution in [0.1, 0.15) is 29.3 Å². The Morgan fingerprint density at radius 1 is 1.29 bits per heavy atom. The molecule has 0 aliphatic carbocycles. The highest BCUT2D eigenvalue weighted by molar-refractivity contribution is 5.42. The van der Waals surface area contributed by atoms with Crippen LogP contribution in [0.4, 0.5) is 5.69 Å². The standard InChI is InChI=1S/C16H19N3O2/c1-3-14-5-4-8-18-15(14)11-17-10-13-7-6-12(2)16(9-13)19(20)21/h4-9,17H,3,10-11H2,1-2H3. The van der Waals surface area contributed by atoms with Gasteiger partial charge in [-0.15, -0.1) is 0 Å². The summed E-state index contributed by atoms with van der Waals surface area (Å²) in [5.41, 5.74) is 4.01. The zero-order valence-electron chi connectivity index (χ0n) is 12.3. The number of nitrogens with one attached hydrogen (secondary N) is 1. The van der Waals surface area contributed by atoms with Crippen molar-refractivity contribution in [1.29, 1.82) is 0 Å². The summed E-state index contributed by atoms with van der Waals surface area (Å²) >= 11 is 0. The minimum Gasteiger partial charge on any atom is -0.307 e. The van der Waals surface area contributed by atoms with Gasteiger partial charge in [0, 0.05) is 30.9 Å². The van der Waals surface area contributed by atoms with Gasteiger partial charge in [0.05, 0.1) is 10.6 Å². The molecule has 0 radical (unpaired) electrons. The number of nitro benzene ring substituents is 1. The Bertz CT molecular complexity index is 641. The van der Waals surface area contributed by atoms with E-state index in [0.717, 1.165) is 17.7 Å². The quantitative estimate of drug-likeness (QED) is 0.654. The Morgan fingerprint density at radius 3 is 2.81 bits per heavy atom. The normalized spacial score (nSPS) is 10.6. The molecule has 110 valence electrons. The summed E-state index contributed by atoms with van der Waals surface area (Å²) < 4.78 is 0. The van der Waals surface area contributed by atoms with Crippen LogP contribution in [0.5, 0.6) is 0 Å². The van der Waals surface area contributed by atoms with Crippen LogP contribution in [0.2, 0.25) is 0 Å². The smallest absolute Gasteiger partial charge is 0.272 e. The van der Waals surface area contributed by atoms with Gasteiger partial charge in [-0.2, -0.15) is 0 Å². The van der Waals surface area contributed by atoms with E-state index in [2.05, 4.69) is 23.3 Å². The third kappa shape index (κ3) is 3.86. The number of nitro groups is 1. The van der Waals surface area contributed by atoms with Crippen molar-refractivity contribution in [2.24, 2.45) is 0 Å². The van der Waals surface area contributed by atoms with E-state index in [9.17, 15) is 10.1 Å². The number of pyridine rings is 1. The molecule has 1 aromatic carbocycles. The van der Waals surface area contributed by atoms with Crippen molar-refractivity contribution in [3.8, 4) is 0 Å². The first-order valence-corrected chi connectivity index (χ1v) is 6.99. The highest BCUT2D eigenvalue weighted by atomic mass is 16.6. The molecule has 0 aliphatic rings.